The van der Waals surface area contributed by atoms with Crippen molar-refractivity contribution < 1.29 is 0 Å². The summed E-state index contributed by atoms with van der Waals surface area (Å²) in [5.41, 5.74) is 5.29. The lowest BCUT2D eigenvalue weighted by Crippen LogP contribution is -2.08. The van der Waals surface area contributed by atoms with Crippen LogP contribution in [0.25, 0.3) is 0 Å². The molecule has 0 nitrogen and oxygen atoms in total. The molecule has 0 unspecified atom stereocenters. The van der Waals surface area contributed by atoms with Crippen LogP contribution in [0.5, 0.6) is 0 Å². The average molecular weight is 302 g/mol. The predicted molar refractivity (Wildman–Crippen MR) is 98.6 cm³/mol. The van der Waals surface area contributed by atoms with Crippen LogP contribution in [0.1, 0.15) is 22.3 Å². The summed E-state index contributed by atoms with van der Waals surface area (Å²) in [4.78, 5) is 0. The number of benzene rings is 3. The molecule has 3 aromatic rings. The van der Waals surface area contributed by atoms with Gasteiger partial charge in [-0.2, -0.15) is 0 Å². The van der Waals surface area contributed by atoms with E-state index >= 15 is 0 Å². The van der Waals surface area contributed by atoms with E-state index in [2.05, 4.69) is 92.7 Å². The third kappa shape index (κ3) is 3.18. The topological polar surface area (TPSA) is 0 Å². The zero-order valence-corrected chi connectivity index (χ0v) is 13.8. The molecule has 0 saturated heterocycles. The molecule has 22 heavy (non-hydrogen) atoms. The number of hydrogen-bond acceptors (Lipinski definition) is 0. The van der Waals surface area contributed by atoms with Gasteiger partial charge in [-0.25, -0.2) is 0 Å². The summed E-state index contributed by atoms with van der Waals surface area (Å²) in [5.74, 6) is 0. The second-order valence-corrected chi connectivity index (χ2v) is 6.55. The Morgan fingerprint density at radius 3 is 1.50 bits per heavy atom. The number of rotatable bonds is 3. The van der Waals surface area contributed by atoms with Crippen LogP contribution in [-0.2, 0) is 0 Å². The van der Waals surface area contributed by atoms with Crippen LogP contribution >= 0.6 is 8.20 Å². The lowest BCUT2D eigenvalue weighted by atomic mass is 10.1. The molecule has 3 aromatic carbocycles. The van der Waals surface area contributed by atoms with E-state index in [1.165, 1.54) is 41.1 Å². The van der Waals surface area contributed by atoms with E-state index in [1.807, 2.05) is 0 Å². The maximum absolute atomic E-state index is 2.20. The number of aryl methyl sites for hydroxylation is 2. The second-order valence-electron chi connectivity index (χ2n) is 5.43. The van der Waals surface area contributed by atoms with Crippen LogP contribution < -0.4 is 5.30 Å². The van der Waals surface area contributed by atoms with Gasteiger partial charge in [0, 0.05) is 10.6 Å². The molecule has 0 bridgehead atoms. The lowest BCUT2D eigenvalue weighted by Gasteiger charge is -2.11. The van der Waals surface area contributed by atoms with Crippen molar-refractivity contribution in [2.45, 2.75) is 13.8 Å². The van der Waals surface area contributed by atoms with Crippen LogP contribution in [0.3, 0.4) is 0 Å². The molecule has 0 amide bonds. The van der Waals surface area contributed by atoms with Gasteiger partial charge in [0.15, 0.2) is 0 Å². The highest BCUT2D eigenvalue weighted by molar-refractivity contribution is 7.50. The summed E-state index contributed by atoms with van der Waals surface area (Å²) >= 11 is 0. The fourth-order valence-corrected chi connectivity index (χ4v) is 3.86. The van der Waals surface area contributed by atoms with E-state index < -0.39 is 0 Å². The Bertz CT molecular complexity index is 725. The van der Waals surface area contributed by atoms with Crippen LogP contribution in [0.15, 0.2) is 78.9 Å². The van der Waals surface area contributed by atoms with Gasteiger partial charge < -0.3 is 0 Å². The Balaban J connectivity index is 2.20. The summed E-state index contributed by atoms with van der Waals surface area (Å²) in [6.07, 6.45) is 0. The Morgan fingerprint density at radius 2 is 1.05 bits per heavy atom. The minimum Gasteiger partial charge on any atom is -0.0622 e. The van der Waals surface area contributed by atoms with Crippen LogP contribution in [0.2, 0.25) is 0 Å². The number of hydrogen-bond donors (Lipinski definition) is 0. The van der Waals surface area contributed by atoms with Gasteiger partial charge in [-0.3, -0.25) is 0 Å². The third-order valence-electron chi connectivity index (χ3n) is 3.76. The molecule has 0 saturated carbocycles. The SMILES string of the molecule is Cc1cccc(C)c1P=C(c1ccccc1)c1ccccc1. The summed E-state index contributed by atoms with van der Waals surface area (Å²) in [6, 6.07) is 27.9. The summed E-state index contributed by atoms with van der Waals surface area (Å²) in [7, 11) is 1.26. The molecule has 1 heteroatoms. The molecule has 0 spiro atoms. The average Bonchev–Trinajstić information content (AvgIpc) is 2.56. The Kier molecular flexibility index (Phi) is 4.51. The maximum Gasteiger partial charge on any atom is 0.0169 e. The Hall–Kier alpha value is -2.17. The quantitative estimate of drug-likeness (QED) is 0.587. The third-order valence-corrected chi connectivity index (χ3v) is 5.43. The fraction of sp³-hybridized carbons (Fsp3) is 0.0952. The van der Waals surface area contributed by atoms with Crippen molar-refractivity contribution in [2.75, 3.05) is 0 Å². The van der Waals surface area contributed by atoms with Gasteiger partial charge in [0.05, 0.1) is 0 Å². The van der Waals surface area contributed by atoms with E-state index in [4.69, 9.17) is 0 Å². The molecule has 0 aliphatic rings. The molecule has 0 heterocycles. The summed E-state index contributed by atoms with van der Waals surface area (Å²) in [5, 5.41) is 2.77. The zero-order chi connectivity index (χ0) is 15.4. The van der Waals surface area contributed by atoms with Crippen molar-refractivity contribution in [3.05, 3.63) is 101 Å². The highest BCUT2D eigenvalue weighted by atomic mass is 31.1. The molecule has 0 fully saturated rings. The van der Waals surface area contributed by atoms with Gasteiger partial charge in [0.25, 0.3) is 0 Å². The monoisotopic (exact) mass is 302 g/mol. The van der Waals surface area contributed by atoms with E-state index in [-0.39, 0.29) is 0 Å². The largest absolute Gasteiger partial charge is 0.0622 e. The molecule has 108 valence electrons. The molecular weight excluding hydrogens is 283 g/mol. The first kappa shape index (κ1) is 14.8. The summed E-state index contributed by atoms with van der Waals surface area (Å²) in [6.45, 7) is 4.39. The van der Waals surface area contributed by atoms with Crippen molar-refractivity contribution in [2.24, 2.45) is 0 Å². The van der Waals surface area contributed by atoms with E-state index in [1.54, 1.807) is 0 Å². The molecule has 0 radical (unpaired) electrons. The summed E-state index contributed by atoms with van der Waals surface area (Å²) < 4.78 is 0. The van der Waals surface area contributed by atoms with Gasteiger partial charge in [0.2, 0.25) is 0 Å². The first-order chi connectivity index (χ1) is 10.8. The van der Waals surface area contributed by atoms with Crippen LogP contribution in [-0.4, -0.2) is 5.29 Å². The second kappa shape index (κ2) is 6.73. The van der Waals surface area contributed by atoms with Crippen LogP contribution in [0.4, 0.5) is 0 Å². The Morgan fingerprint density at radius 1 is 0.591 bits per heavy atom. The van der Waals surface area contributed by atoms with Crippen molar-refractivity contribution in [1.29, 1.82) is 0 Å². The molecule has 0 aliphatic carbocycles. The Labute approximate surface area is 134 Å². The molecule has 3 rings (SSSR count). The van der Waals surface area contributed by atoms with Crippen LogP contribution in [0, 0.1) is 13.8 Å². The minimum atomic E-state index is 1.26. The van der Waals surface area contributed by atoms with Gasteiger partial charge in [-0.05, 0) is 36.1 Å². The van der Waals surface area contributed by atoms with E-state index in [0.29, 0.717) is 0 Å². The van der Waals surface area contributed by atoms with Crippen molar-refractivity contribution in [3.63, 3.8) is 0 Å². The standard InChI is InChI=1S/C21H19P/c1-16-10-9-11-17(2)20(16)22-21(18-12-5-3-6-13-18)19-14-7-4-8-15-19/h3-15H,1-2H3. The zero-order valence-electron chi connectivity index (χ0n) is 13.0. The van der Waals surface area contributed by atoms with Gasteiger partial charge in [0.1, 0.15) is 0 Å². The maximum atomic E-state index is 2.20. The highest BCUT2D eigenvalue weighted by Gasteiger charge is 2.08. The first-order valence-corrected chi connectivity index (χ1v) is 8.41. The van der Waals surface area contributed by atoms with Crippen molar-refractivity contribution in [1.82, 2.24) is 0 Å². The van der Waals surface area contributed by atoms with E-state index in [0.717, 1.165) is 0 Å². The van der Waals surface area contributed by atoms with Crippen molar-refractivity contribution >= 4 is 18.8 Å². The van der Waals surface area contributed by atoms with Gasteiger partial charge >= 0.3 is 0 Å². The minimum absolute atomic E-state index is 1.26. The lowest BCUT2D eigenvalue weighted by molar-refractivity contribution is 1.44. The molecule has 0 N–H and O–H groups in total. The first-order valence-electron chi connectivity index (χ1n) is 7.51. The van der Waals surface area contributed by atoms with Gasteiger partial charge in [-0.15, -0.1) is 0 Å². The van der Waals surface area contributed by atoms with E-state index in [9.17, 15) is 0 Å². The highest BCUT2D eigenvalue weighted by Crippen LogP contribution is 2.20. The molecular formula is C21H19P. The van der Waals surface area contributed by atoms with Gasteiger partial charge in [-0.1, -0.05) is 87.1 Å². The molecule has 0 atom stereocenters. The molecule has 0 aliphatic heterocycles. The normalized spacial score (nSPS) is 10.6. The molecule has 0 aromatic heterocycles. The fourth-order valence-electron chi connectivity index (χ4n) is 2.58. The smallest absolute Gasteiger partial charge is 0.0169 e. The predicted octanol–water partition coefficient (Wildman–Crippen LogP) is 5.14. The van der Waals surface area contributed by atoms with Crippen molar-refractivity contribution in [3.8, 4) is 0 Å².